The van der Waals surface area contributed by atoms with Crippen LogP contribution in [0.5, 0.6) is 0 Å². The van der Waals surface area contributed by atoms with Crippen molar-refractivity contribution in [2.24, 2.45) is 0 Å². The zero-order valence-corrected chi connectivity index (χ0v) is 10.8. The van der Waals surface area contributed by atoms with E-state index in [9.17, 15) is 9.90 Å². The van der Waals surface area contributed by atoms with Crippen LogP contribution in [-0.2, 0) is 4.79 Å². The number of aliphatic hydroxyl groups excluding tert-OH is 1. The molecule has 0 aromatic heterocycles. The normalized spacial score (nSPS) is 12.6. The Bertz CT molecular complexity index is 316. The minimum atomic E-state index is -0.424. The number of carbonyl (C=O) groups is 1. The lowest BCUT2D eigenvalue weighted by Gasteiger charge is -2.03. The lowest BCUT2D eigenvalue weighted by molar-refractivity contribution is -0.117. The maximum atomic E-state index is 10.7. The quantitative estimate of drug-likeness (QED) is 0.543. The van der Waals surface area contributed by atoms with E-state index in [1.54, 1.807) is 25.2 Å². The van der Waals surface area contributed by atoms with Crippen LogP contribution in [0.15, 0.2) is 24.3 Å². The van der Waals surface area contributed by atoms with Crippen molar-refractivity contribution >= 4 is 5.78 Å². The molecule has 0 fully saturated rings. The lowest BCUT2D eigenvalue weighted by atomic mass is 10.1. The van der Waals surface area contributed by atoms with Crippen LogP contribution in [-0.4, -0.2) is 17.0 Å². The number of Topliss-reactive ketones (excluding diaryl/α,β-unsaturated/α-hetero) is 1. The summed E-state index contributed by atoms with van der Waals surface area (Å²) in [4.78, 5) is 10.7. The molecule has 0 saturated heterocycles. The van der Waals surface area contributed by atoms with E-state index in [1.807, 2.05) is 13.0 Å². The minimum absolute atomic E-state index is 0.240. The highest BCUT2D eigenvalue weighted by atomic mass is 16.3. The standard InChI is InChI=1S/C15H22O2/c1-3-4-5-6-9-12-15(17)13-10-7-8-11-14(2)16/h3-4,9,12,15,17H,7-8,10-11,13H2,1-2H3/b4-3-,12-9+/t15-/m0/s1. The fraction of sp³-hybridized carbons (Fsp3) is 0.533. The fourth-order valence-electron chi connectivity index (χ4n) is 1.34. The van der Waals surface area contributed by atoms with E-state index in [1.165, 1.54) is 0 Å². The van der Waals surface area contributed by atoms with Gasteiger partial charge < -0.3 is 9.90 Å². The van der Waals surface area contributed by atoms with Crippen molar-refractivity contribution in [1.29, 1.82) is 0 Å². The van der Waals surface area contributed by atoms with Crippen LogP contribution in [0.4, 0.5) is 0 Å². The molecule has 0 aliphatic carbocycles. The van der Waals surface area contributed by atoms with Gasteiger partial charge in [-0.1, -0.05) is 30.8 Å². The molecule has 17 heavy (non-hydrogen) atoms. The third-order valence-electron chi connectivity index (χ3n) is 2.26. The van der Waals surface area contributed by atoms with Crippen molar-refractivity contribution in [2.45, 2.75) is 52.1 Å². The Balaban J connectivity index is 3.56. The van der Waals surface area contributed by atoms with Crippen molar-refractivity contribution in [2.75, 3.05) is 0 Å². The summed E-state index contributed by atoms with van der Waals surface area (Å²) in [6.45, 7) is 3.52. The average Bonchev–Trinajstić information content (AvgIpc) is 2.28. The van der Waals surface area contributed by atoms with Crippen LogP contribution in [0.25, 0.3) is 0 Å². The molecule has 0 aromatic carbocycles. The molecule has 0 amide bonds. The predicted molar refractivity (Wildman–Crippen MR) is 71.5 cm³/mol. The molecule has 0 aliphatic heterocycles. The van der Waals surface area contributed by atoms with Crippen molar-refractivity contribution in [3.05, 3.63) is 24.3 Å². The maximum absolute atomic E-state index is 10.7. The van der Waals surface area contributed by atoms with Gasteiger partial charge in [0.2, 0.25) is 0 Å². The second kappa shape index (κ2) is 11.2. The van der Waals surface area contributed by atoms with E-state index in [0.717, 1.165) is 25.7 Å². The van der Waals surface area contributed by atoms with Crippen LogP contribution in [0.3, 0.4) is 0 Å². The van der Waals surface area contributed by atoms with E-state index in [2.05, 4.69) is 11.8 Å². The van der Waals surface area contributed by atoms with Gasteiger partial charge in [0.05, 0.1) is 6.10 Å². The Hall–Kier alpha value is -1.33. The van der Waals surface area contributed by atoms with Gasteiger partial charge in [-0.15, -0.1) is 0 Å². The molecule has 0 saturated carbocycles. The van der Waals surface area contributed by atoms with E-state index in [0.29, 0.717) is 6.42 Å². The summed E-state index contributed by atoms with van der Waals surface area (Å²) in [5.74, 6) is 5.87. The first-order valence-electron chi connectivity index (χ1n) is 6.13. The molecule has 0 bridgehead atoms. The first-order chi connectivity index (χ1) is 8.16. The molecule has 0 unspecified atom stereocenters. The van der Waals surface area contributed by atoms with Gasteiger partial charge in [0.15, 0.2) is 0 Å². The fourth-order valence-corrected chi connectivity index (χ4v) is 1.34. The Morgan fingerprint density at radius 3 is 2.59 bits per heavy atom. The number of carbonyl (C=O) groups excluding carboxylic acids is 1. The Morgan fingerprint density at radius 2 is 1.94 bits per heavy atom. The van der Waals surface area contributed by atoms with Crippen LogP contribution < -0.4 is 0 Å². The van der Waals surface area contributed by atoms with E-state index in [4.69, 9.17) is 0 Å². The molecular formula is C15H22O2. The van der Waals surface area contributed by atoms with Crippen LogP contribution in [0.2, 0.25) is 0 Å². The van der Waals surface area contributed by atoms with Crippen molar-refractivity contribution in [3.8, 4) is 11.8 Å². The van der Waals surface area contributed by atoms with Crippen LogP contribution >= 0.6 is 0 Å². The Morgan fingerprint density at radius 1 is 1.24 bits per heavy atom. The molecular weight excluding hydrogens is 212 g/mol. The Kier molecular flexibility index (Phi) is 10.3. The first-order valence-corrected chi connectivity index (χ1v) is 6.13. The molecule has 94 valence electrons. The van der Waals surface area contributed by atoms with Gasteiger partial charge in [0.25, 0.3) is 0 Å². The summed E-state index contributed by atoms with van der Waals surface area (Å²) in [7, 11) is 0. The molecule has 2 heteroatoms. The SMILES string of the molecule is C/C=C\C#C/C=C/[C@H](O)CCCCCC(C)=O. The number of hydrogen-bond donors (Lipinski definition) is 1. The summed E-state index contributed by atoms with van der Waals surface area (Å²) in [6.07, 6.45) is 10.8. The second-order valence-electron chi connectivity index (χ2n) is 4.02. The molecule has 0 heterocycles. The van der Waals surface area contributed by atoms with Gasteiger partial charge in [-0.2, -0.15) is 0 Å². The molecule has 1 N–H and O–H groups in total. The van der Waals surface area contributed by atoms with Gasteiger partial charge in [-0.3, -0.25) is 0 Å². The molecule has 0 rings (SSSR count). The predicted octanol–water partition coefficient (Wildman–Crippen LogP) is 3.02. The monoisotopic (exact) mass is 234 g/mol. The molecule has 1 atom stereocenters. The first kappa shape index (κ1) is 15.7. The summed E-state index contributed by atoms with van der Waals surface area (Å²) in [6, 6.07) is 0. The van der Waals surface area contributed by atoms with Gasteiger partial charge in [-0.25, -0.2) is 0 Å². The highest BCUT2D eigenvalue weighted by Gasteiger charge is 1.99. The summed E-state index contributed by atoms with van der Waals surface area (Å²) >= 11 is 0. The van der Waals surface area contributed by atoms with Crippen LogP contribution in [0, 0.1) is 11.8 Å². The summed E-state index contributed by atoms with van der Waals surface area (Å²) in [5.41, 5.74) is 0. The van der Waals surface area contributed by atoms with Gasteiger partial charge in [0, 0.05) is 6.42 Å². The molecule has 0 aromatic rings. The lowest BCUT2D eigenvalue weighted by Crippen LogP contribution is -2.01. The Labute approximate surface area is 104 Å². The van der Waals surface area contributed by atoms with E-state index >= 15 is 0 Å². The van der Waals surface area contributed by atoms with Crippen molar-refractivity contribution in [3.63, 3.8) is 0 Å². The van der Waals surface area contributed by atoms with Gasteiger partial charge in [-0.05, 0) is 44.9 Å². The molecule has 0 spiro atoms. The minimum Gasteiger partial charge on any atom is -0.389 e. The van der Waals surface area contributed by atoms with E-state index < -0.39 is 6.10 Å². The number of ketones is 1. The van der Waals surface area contributed by atoms with Crippen molar-refractivity contribution < 1.29 is 9.90 Å². The van der Waals surface area contributed by atoms with Crippen LogP contribution in [0.1, 0.15) is 46.0 Å². The molecule has 0 aliphatic rings. The third-order valence-corrected chi connectivity index (χ3v) is 2.26. The average molecular weight is 234 g/mol. The number of hydrogen-bond acceptors (Lipinski definition) is 2. The third kappa shape index (κ3) is 12.6. The number of aliphatic hydroxyl groups is 1. The smallest absolute Gasteiger partial charge is 0.129 e. The maximum Gasteiger partial charge on any atom is 0.129 e. The number of allylic oxidation sites excluding steroid dienone is 3. The van der Waals surface area contributed by atoms with Gasteiger partial charge in [0.1, 0.15) is 5.78 Å². The highest BCUT2D eigenvalue weighted by molar-refractivity contribution is 5.75. The topological polar surface area (TPSA) is 37.3 Å². The summed E-state index contributed by atoms with van der Waals surface area (Å²) < 4.78 is 0. The largest absolute Gasteiger partial charge is 0.389 e. The van der Waals surface area contributed by atoms with Crippen molar-refractivity contribution in [1.82, 2.24) is 0 Å². The second-order valence-corrected chi connectivity index (χ2v) is 4.02. The summed E-state index contributed by atoms with van der Waals surface area (Å²) in [5, 5.41) is 9.57. The zero-order chi connectivity index (χ0) is 12.9. The molecule has 2 nitrogen and oxygen atoms in total. The zero-order valence-electron chi connectivity index (χ0n) is 10.8. The number of unbranched alkanes of at least 4 members (excludes halogenated alkanes) is 2. The van der Waals surface area contributed by atoms with Gasteiger partial charge >= 0.3 is 0 Å². The molecule has 0 radical (unpaired) electrons. The highest BCUT2D eigenvalue weighted by Crippen LogP contribution is 2.06. The van der Waals surface area contributed by atoms with E-state index in [-0.39, 0.29) is 5.78 Å². The number of rotatable bonds is 7.